The predicted octanol–water partition coefficient (Wildman–Crippen LogP) is 6.70. The highest BCUT2D eigenvalue weighted by atomic mass is 79.9. The van der Waals surface area contributed by atoms with Crippen molar-refractivity contribution in [2.45, 2.75) is 25.1 Å². The minimum Gasteiger partial charge on any atom is -0.486 e. The SMILES string of the molecule is Cc1ccc(OCc2nnc(SCC(=O)Nc3ncc(Cc4ccc(Br)cc4)s3)n2-c2ccccc2)cc1. The molecule has 0 saturated heterocycles. The van der Waals surface area contributed by atoms with Gasteiger partial charge in [-0.2, -0.15) is 0 Å². The largest absolute Gasteiger partial charge is 0.486 e. The van der Waals surface area contributed by atoms with Gasteiger partial charge in [0.2, 0.25) is 5.91 Å². The van der Waals surface area contributed by atoms with E-state index < -0.39 is 0 Å². The molecule has 0 unspecified atom stereocenters. The molecule has 1 amide bonds. The van der Waals surface area contributed by atoms with Crippen molar-refractivity contribution in [2.24, 2.45) is 0 Å². The van der Waals surface area contributed by atoms with E-state index in [1.165, 1.54) is 34.2 Å². The van der Waals surface area contributed by atoms with Crippen molar-refractivity contribution >= 4 is 50.1 Å². The lowest BCUT2D eigenvalue weighted by Crippen LogP contribution is -2.14. The molecular formula is C28H24BrN5O2S2. The van der Waals surface area contributed by atoms with Crippen molar-refractivity contribution < 1.29 is 9.53 Å². The summed E-state index contributed by atoms with van der Waals surface area (Å²) in [5.41, 5.74) is 3.26. The maximum Gasteiger partial charge on any atom is 0.236 e. The summed E-state index contributed by atoms with van der Waals surface area (Å²) >= 11 is 6.25. The van der Waals surface area contributed by atoms with Crippen molar-refractivity contribution in [1.29, 1.82) is 0 Å². The predicted molar refractivity (Wildman–Crippen MR) is 155 cm³/mol. The molecule has 0 aliphatic heterocycles. The minimum atomic E-state index is -0.153. The molecule has 0 aliphatic carbocycles. The Morgan fingerprint density at radius 3 is 2.55 bits per heavy atom. The summed E-state index contributed by atoms with van der Waals surface area (Å²) in [6.07, 6.45) is 2.57. The number of rotatable bonds is 10. The van der Waals surface area contributed by atoms with Gasteiger partial charge in [0.1, 0.15) is 12.4 Å². The number of hydrogen-bond donors (Lipinski definition) is 1. The molecule has 10 heteroatoms. The number of halogens is 1. The third-order valence-corrected chi connectivity index (χ3v) is 7.90. The Bertz CT molecular complexity index is 1500. The zero-order valence-electron chi connectivity index (χ0n) is 20.5. The average Bonchev–Trinajstić information content (AvgIpc) is 3.55. The molecule has 0 fully saturated rings. The lowest BCUT2D eigenvalue weighted by molar-refractivity contribution is -0.113. The molecule has 2 heterocycles. The molecular weight excluding hydrogens is 582 g/mol. The van der Waals surface area contributed by atoms with Crippen LogP contribution in [0.4, 0.5) is 5.13 Å². The highest BCUT2D eigenvalue weighted by Gasteiger charge is 2.17. The number of ether oxygens (including phenoxy) is 1. The number of nitrogens with one attached hydrogen (secondary N) is 1. The van der Waals surface area contributed by atoms with Crippen LogP contribution in [-0.2, 0) is 17.8 Å². The number of para-hydroxylation sites is 1. The molecule has 0 saturated carbocycles. The second kappa shape index (κ2) is 12.4. The monoisotopic (exact) mass is 605 g/mol. The Morgan fingerprint density at radius 1 is 1.03 bits per heavy atom. The fourth-order valence-electron chi connectivity index (χ4n) is 3.64. The third kappa shape index (κ3) is 6.89. The van der Waals surface area contributed by atoms with E-state index in [-0.39, 0.29) is 18.3 Å². The molecule has 38 heavy (non-hydrogen) atoms. The Balaban J connectivity index is 1.23. The Kier molecular flexibility index (Phi) is 8.52. The van der Waals surface area contributed by atoms with Crippen LogP contribution in [0.15, 0.2) is 94.7 Å². The Morgan fingerprint density at radius 2 is 1.79 bits per heavy atom. The molecule has 192 valence electrons. The topological polar surface area (TPSA) is 81.9 Å². The van der Waals surface area contributed by atoms with Crippen LogP contribution in [0.1, 0.15) is 21.8 Å². The molecule has 0 radical (unpaired) electrons. The van der Waals surface area contributed by atoms with Crippen LogP contribution in [-0.4, -0.2) is 31.4 Å². The fourth-order valence-corrected chi connectivity index (χ4v) is 5.54. The van der Waals surface area contributed by atoms with Gasteiger partial charge in [-0.3, -0.25) is 9.36 Å². The summed E-state index contributed by atoms with van der Waals surface area (Å²) in [4.78, 5) is 18.2. The van der Waals surface area contributed by atoms with Crippen molar-refractivity contribution in [2.75, 3.05) is 11.1 Å². The molecule has 1 N–H and O–H groups in total. The number of amides is 1. The Hall–Kier alpha value is -3.47. The van der Waals surface area contributed by atoms with Gasteiger partial charge in [0.15, 0.2) is 16.1 Å². The molecule has 5 rings (SSSR count). The van der Waals surface area contributed by atoms with Gasteiger partial charge >= 0.3 is 0 Å². The van der Waals surface area contributed by atoms with Gasteiger partial charge < -0.3 is 10.1 Å². The van der Waals surface area contributed by atoms with E-state index >= 15 is 0 Å². The number of hydrogen-bond acceptors (Lipinski definition) is 7. The third-order valence-electron chi connectivity index (χ3n) is 5.53. The summed E-state index contributed by atoms with van der Waals surface area (Å²) in [5, 5.41) is 12.8. The van der Waals surface area contributed by atoms with Crippen LogP contribution in [0.25, 0.3) is 5.69 Å². The zero-order chi connectivity index (χ0) is 26.3. The van der Waals surface area contributed by atoms with Crippen LogP contribution in [0, 0.1) is 6.92 Å². The van der Waals surface area contributed by atoms with E-state index in [4.69, 9.17) is 4.74 Å². The van der Waals surface area contributed by atoms with Crippen molar-refractivity contribution in [3.8, 4) is 11.4 Å². The smallest absolute Gasteiger partial charge is 0.236 e. The van der Waals surface area contributed by atoms with Crippen LogP contribution < -0.4 is 10.1 Å². The van der Waals surface area contributed by atoms with Gasteiger partial charge in [0.05, 0.1) is 5.75 Å². The molecule has 0 bridgehead atoms. The molecule has 3 aromatic carbocycles. The van der Waals surface area contributed by atoms with E-state index in [2.05, 4.69) is 48.6 Å². The van der Waals surface area contributed by atoms with Gasteiger partial charge in [-0.05, 0) is 48.9 Å². The lowest BCUT2D eigenvalue weighted by Gasteiger charge is -2.11. The molecule has 5 aromatic rings. The summed E-state index contributed by atoms with van der Waals surface area (Å²) in [6, 6.07) is 25.9. The van der Waals surface area contributed by atoms with Crippen LogP contribution in [0.2, 0.25) is 0 Å². The number of nitrogens with zero attached hydrogens (tertiary/aromatic N) is 4. The van der Waals surface area contributed by atoms with Gasteiger partial charge in [-0.15, -0.1) is 21.5 Å². The normalized spacial score (nSPS) is 10.9. The first kappa shape index (κ1) is 26.1. The summed E-state index contributed by atoms with van der Waals surface area (Å²) in [5.74, 6) is 1.43. The Labute approximate surface area is 237 Å². The first-order chi connectivity index (χ1) is 18.5. The van der Waals surface area contributed by atoms with Gasteiger partial charge in [-0.25, -0.2) is 4.98 Å². The van der Waals surface area contributed by atoms with Crippen molar-refractivity contribution in [3.63, 3.8) is 0 Å². The average molecular weight is 607 g/mol. The van der Waals surface area contributed by atoms with Gasteiger partial charge in [0, 0.05) is 27.7 Å². The maximum absolute atomic E-state index is 12.7. The number of thiazole rings is 1. The van der Waals surface area contributed by atoms with Gasteiger partial charge in [0.25, 0.3) is 0 Å². The summed E-state index contributed by atoms with van der Waals surface area (Å²) in [7, 11) is 0. The minimum absolute atomic E-state index is 0.153. The van der Waals surface area contributed by atoms with E-state index in [0.717, 1.165) is 27.2 Å². The van der Waals surface area contributed by atoms with E-state index in [1.807, 2.05) is 84.4 Å². The molecule has 0 aliphatic rings. The number of thioether (sulfide) groups is 1. The standard InChI is InChI=1S/C28H24BrN5O2S2/c1-19-7-13-23(14-8-19)36-17-25-32-33-28(34(25)22-5-3-2-4-6-22)37-18-26(35)31-27-30-16-24(38-27)15-20-9-11-21(29)12-10-20/h2-14,16H,15,17-18H2,1H3,(H,30,31,35). The first-order valence-corrected chi connectivity index (χ1v) is 14.4. The molecule has 2 aromatic heterocycles. The first-order valence-electron chi connectivity index (χ1n) is 11.8. The second-order valence-corrected chi connectivity index (χ2v) is 11.4. The van der Waals surface area contributed by atoms with Crippen LogP contribution in [0.3, 0.4) is 0 Å². The zero-order valence-corrected chi connectivity index (χ0v) is 23.7. The highest BCUT2D eigenvalue weighted by Crippen LogP contribution is 2.25. The van der Waals surface area contributed by atoms with E-state index in [1.54, 1.807) is 0 Å². The number of carbonyl (C=O) groups excluding carboxylic acids is 1. The van der Waals surface area contributed by atoms with Crippen molar-refractivity contribution in [1.82, 2.24) is 19.7 Å². The fraction of sp³-hybridized carbons (Fsp3) is 0.143. The molecule has 0 spiro atoms. The molecule has 0 atom stereocenters. The highest BCUT2D eigenvalue weighted by molar-refractivity contribution is 9.10. The number of carbonyl (C=O) groups is 1. The van der Waals surface area contributed by atoms with Crippen molar-refractivity contribution in [3.05, 3.63) is 111 Å². The number of aryl methyl sites for hydroxylation is 1. The summed E-state index contributed by atoms with van der Waals surface area (Å²) < 4.78 is 8.93. The second-order valence-electron chi connectivity index (χ2n) is 8.44. The molecule has 7 nitrogen and oxygen atoms in total. The number of aromatic nitrogens is 4. The maximum atomic E-state index is 12.7. The number of anilines is 1. The van der Waals surface area contributed by atoms with E-state index in [0.29, 0.717) is 16.1 Å². The summed E-state index contributed by atoms with van der Waals surface area (Å²) in [6.45, 7) is 2.28. The quantitative estimate of drug-likeness (QED) is 0.178. The van der Waals surface area contributed by atoms with E-state index in [9.17, 15) is 4.79 Å². The van der Waals surface area contributed by atoms with Crippen LogP contribution >= 0.6 is 39.0 Å². The number of benzene rings is 3. The van der Waals surface area contributed by atoms with Gasteiger partial charge in [-0.1, -0.05) is 75.7 Å². The van der Waals surface area contributed by atoms with Crippen LogP contribution in [0.5, 0.6) is 5.75 Å². The lowest BCUT2D eigenvalue weighted by atomic mass is 10.1.